The molecule has 1 saturated carbocycles. The fourth-order valence-electron chi connectivity index (χ4n) is 3.73. The average molecular weight is 396 g/mol. The van der Waals surface area contributed by atoms with Crippen molar-refractivity contribution in [3.05, 3.63) is 64.7 Å². The van der Waals surface area contributed by atoms with Gasteiger partial charge in [0.25, 0.3) is 11.8 Å². The Labute approximate surface area is 167 Å². The number of carbonyl (C=O) groups is 2. The first kappa shape index (κ1) is 19.3. The molecule has 2 aromatic rings. The highest BCUT2D eigenvalue weighted by Gasteiger charge is 2.39. The van der Waals surface area contributed by atoms with Gasteiger partial charge in [0.2, 0.25) is 0 Å². The molecule has 6 nitrogen and oxygen atoms in total. The van der Waals surface area contributed by atoms with Gasteiger partial charge in [-0.05, 0) is 24.1 Å². The van der Waals surface area contributed by atoms with Gasteiger partial charge in [0, 0.05) is 29.8 Å². The molecule has 0 bridgehead atoms. The van der Waals surface area contributed by atoms with Crippen molar-refractivity contribution in [2.75, 3.05) is 20.3 Å². The number of carbonyl (C=O) groups excluding carboxylic acids is 2. The number of ether oxygens (including phenoxy) is 1. The lowest BCUT2D eigenvalue weighted by molar-refractivity contribution is 0.0955. The molecule has 1 fully saturated rings. The number of fused-ring (bicyclic) bond motifs is 1. The molecule has 3 atom stereocenters. The second-order valence-electron chi connectivity index (χ2n) is 7.21. The fourth-order valence-corrected chi connectivity index (χ4v) is 3.73. The number of alkyl halides is 1. The van der Waals surface area contributed by atoms with Crippen LogP contribution in [0, 0.1) is 5.92 Å². The van der Waals surface area contributed by atoms with Gasteiger partial charge in [-0.3, -0.25) is 9.59 Å². The van der Waals surface area contributed by atoms with Crippen molar-refractivity contribution < 1.29 is 23.8 Å². The summed E-state index contributed by atoms with van der Waals surface area (Å²) in [7, 11) is 1.48. The molecule has 2 aliphatic rings. The predicted octanol–water partition coefficient (Wildman–Crippen LogP) is 2.50. The molecule has 0 aromatic heterocycles. The average Bonchev–Trinajstić information content (AvgIpc) is 3.40. The molecule has 150 valence electrons. The molecule has 2 amide bonds. The second kappa shape index (κ2) is 7.75. The highest BCUT2D eigenvalue weighted by molar-refractivity contribution is 6.12. The number of rotatable bonds is 5. The van der Waals surface area contributed by atoms with Crippen LogP contribution in [0.4, 0.5) is 4.39 Å². The third-order valence-electron chi connectivity index (χ3n) is 5.36. The van der Waals surface area contributed by atoms with Crippen LogP contribution in [0.2, 0.25) is 0 Å². The van der Waals surface area contributed by atoms with Gasteiger partial charge in [0.05, 0.1) is 18.1 Å². The molecule has 1 aliphatic carbocycles. The highest BCUT2D eigenvalue weighted by atomic mass is 19.1. The molecule has 2 aromatic carbocycles. The first-order valence-electron chi connectivity index (χ1n) is 9.47. The predicted molar refractivity (Wildman–Crippen MR) is 105 cm³/mol. The lowest BCUT2D eigenvalue weighted by atomic mass is 9.86. The maximum atomic E-state index is 13.8. The van der Waals surface area contributed by atoms with E-state index in [-0.39, 0.29) is 23.7 Å². The summed E-state index contributed by atoms with van der Waals surface area (Å²) in [5.74, 6) is -1.12. The minimum atomic E-state index is -0.783. The van der Waals surface area contributed by atoms with Crippen LogP contribution in [-0.2, 0) is 0 Å². The first-order chi connectivity index (χ1) is 14.1. The molecule has 0 unspecified atom stereocenters. The SMILES string of the molecule is CNC(=O)c1cc(C(=O)N=C2C[C@H]2CO)cc2c1O[C@H](CF)[C@H]2c1ccccc1. The van der Waals surface area contributed by atoms with Crippen LogP contribution < -0.4 is 10.1 Å². The Morgan fingerprint density at radius 1 is 1.28 bits per heavy atom. The van der Waals surface area contributed by atoms with Gasteiger partial charge in [0.15, 0.2) is 0 Å². The number of nitrogens with one attached hydrogen (secondary N) is 1. The monoisotopic (exact) mass is 396 g/mol. The number of aliphatic imine (C=N–C) groups is 1. The number of benzene rings is 2. The zero-order chi connectivity index (χ0) is 20.5. The normalized spacial score (nSPS) is 23.4. The Morgan fingerprint density at radius 3 is 2.66 bits per heavy atom. The number of aliphatic hydroxyl groups is 1. The van der Waals surface area contributed by atoms with E-state index >= 15 is 0 Å². The summed E-state index contributed by atoms with van der Waals surface area (Å²) >= 11 is 0. The molecular formula is C22H21FN2O4. The summed E-state index contributed by atoms with van der Waals surface area (Å²) in [5, 5.41) is 11.7. The van der Waals surface area contributed by atoms with E-state index in [1.165, 1.54) is 13.1 Å². The summed E-state index contributed by atoms with van der Waals surface area (Å²) in [4.78, 5) is 29.2. The van der Waals surface area contributed by atoms with Crippen molar-refractivity contribution in [2.24, 2.45) is 10.9 Å². The van der Waals surface area contributed by atoms with Crippen LogP contribution >= 0.6 is 0 Å². The molecule has 4 rings (SSSR count). The Balaban J connectivity index is 1.82. The molecule has 29 heavy (non-hydrogen) atoms. The number of aliphatic hydroxyl groups excluding tert-OH is 1. The van der Waals surface area contributed by atoms with Gasteiger partial charge in [-0.15, -0.1) is 0 Å². The Kier molecular flexibility index (Phi) is 5.15. The Morgan fingerprint density at radius 2 is 2.03 bits per heavy atom. The molecule has 1 heterocycles. The van der Waals surface area contributed by atoms with Crippen LogP contribution in [0.15, 0.2) is 47.5 Å². The van der Waals surface area contributed by atoms with Crippen molar-refractivity contribution in [3.63, 3.8) is 0 Å². The van der Waals surface area contributed by atoms with Crippen molar-refractivity contribution in [1.29, 1.82) is 0 Å². The van der Waals surface area contributed by atoms with E-state index in [9.17, 15) is 14.0 Å². The number of hydrogen-bond donors (Lipinski definition) is 2. The first-order valence-corrected chi connectivity index (χ1v) is 9.47. The summed E-state index contributed by atoms with van der Waals surface area (Å²) in [6.07, 6.45) is -0.190. The number of amides is 2. The topological polar surface area (TPSA) is 88.0 Å². The third kappa shape index (κ3) is 3.53. The largest absolute Gasteiger partial charge is 0.486 e. The maximum absolute atomic E-state index is 13.8. The van der Waals surface area contributed by atoms with Gasteiger partial charge in [-0.2, -0.15) is 0 Å². The van der Waals surface area contributed by atoms with E-state index in [1.54, 1.807) is 6.07 Å². The molecule has 2 N–H and O–H groups in total. The van der Waals surface area contributed by atoms with Crippen LogP contribution in [0.25, 0.3) is 0 Å². The Bertz CT molecular complexity index is 990. The molecular weight excluding hydrogens is 375 g/mol. The van der Waals surface area contributed by atoms with Gasteiger partial charge in [0.1, 0.15) is 18.5 Å². The van der Waals surface area contributed by atoms with Crippen LogP contribution in [-0.4, -0.2) is 49.1 Å². The van der Waals surface area contributed by atoms with E-state index in [0.717, 1.165) is 5.56 Å². The van der Waals surface area contributed by atoms with E-state index in [0.29, 0.717) is 23.4 Å². The Hall–Kier alpha value is -3.06. The number of halogens is 1. The maximum Gasteiger partial charge on any atom is 0.276 e. The lowest BCUT2D eigenvalue weighted by Gasteiger charge is -2.16. The highest BCUT2D eigenvalue weighted by Crippen LogP contribution is 2.45. The van der Waals surface area contributed by atoms with Crippen molar-refractivity contribution in [1.82, 2.24) is 5.32 Å². The minimum Gasteiger partial charge on any atom is -0.486 e. The number of nitrogens with zero attached hydrogens (tertiary/aromatic N) is 1. The lowest BCUT2D eigenvalue weighted by Crippen LogP contribution is -2.22. The molecule has 1 aliphatic heterocycles. The van der Waals surface area contributed by atoms with Gasteiger partial charge in [-0.1, -0.05) is 30.3 Å². The van der Waals surface area contributed by atoms with E-state index in [1.807, 2.05) is 30.3 Å². The molecule has 0 saturated heterocycles. The smallest absolute Gasteiger partial charge is 0.276 e. The van der Waals surface area contributed by atoms with E-state index < -0.39 is 30.5 Å². The number of hydrogen-bond acceptors (Lipinski definition) is 4. The quantitative estimate of drug-likeness (QED) is 0.813. The van der Waals surface area contributed by atoms with Crippen LogP contribution in [0.1, 0.15) is 44.2 Å². The zero-order valence-corrected chi connectivity index (χ0v) is 15.9. The van der Waals surface area contributed by atoms with Crippen molar-refractivity contribution >= 4 is 17.5 Å². The molecule has 7 heteroatoms. The zero-order valence-electron chi connectivity index (χ0n) is 15.9. The second-order valence-corrected chi connectivity index (χ2v) is 7.21. The van der Waals surface area contributed by atoms with Crippen LogP contribution in [0.5, 0.6) is 5.75 Å². The molecule has 0 spiro atoms. The van der Waals surface area contributed by atoms with Gasteiger partial charge in [-0.25, -0.2) is 9.38 Å². The van der Waals surface area contributed by atoms with Crippen molar-refractivity contribution in [2.45, 2.75) is 18.4 Å². The minimum absolute atomic E-state index is 0.0398. The van der Waals surface area contributed by atoms with Crippen LogP contribution in [0.3, 0.4) is 0 Å². The van der Waals surface area contributed by atoms with Crippen molar-refractivity contribution in [3.8, 4) is 5.75 Å². The summed E-state index contributed by atoms with van der Waals surface area (Å²) in [5.41, 5.74) is 2.51. The standard InChI is InChI=1S/C22H21FN2O4/c1-24-22(28)16-8-13(21(27)25-17-9-14(17)11-26)7-15-19(12-5-3-2-4-6-12)18(10-23)29-20(15)16/h2-8,14,18-19,26H,9-11H2,1H3,(H,24,28)/t14-,18+,19-/m0/s1. The van der Waals surface area contributed by atoms with Gasteiger partial charge >= 0.3 is 0 Å². The summed E-state index contributed by atoms with van der Waals surface area (Å²) in [6.45, 7) is -0.771. The van der Waals surface area contributed by atoms with E-state index in [4.69, 9.17) is 9.84 Å². The fraction of sp³-hybridized carbons (Fsp3) is 0.318. The molecule has 0 radical (unpaired) electrons. The van der Waals surface area contributed by atoms with E-state index in [2.05, 4.69) is 10.3 Å². The third-order valence-corrected chi connectivity index (χ3v) is 5.36. The summed E-state index contributed by atoms with van der Waals surface area (Å²) in [6, 6.07) is 12.4. The summed E-state index contributed by atoms with van der Waals surface area (Å²) < 4.78 is 19.6. The van der Waals surface area contributed by atoms with Gasteiger partial charge < -0.3 is 15.2 Å².